The zero-order chi connectivity index (χ0) is 30.2. The Morgan fingerprint density at radius 1 is 1.12 bits per heavy atom. The van der Waals surface area contributed by atoms with Crippen molar-refractivity contribution >= 4 is 50.6 Å². The number of benzene rings is 3. The number of amides is 1. The van der Waals surface area contributed by atoms with Crippen LogP contribution in [0.2, 0.25) is 0 Å². The topological polar surface area (TPSA) is 120 Å². The van der Waals surface area contributed by atoms with Gasteiger partial charge in [-0.15, -0.1) is 0 Å². The Bertz CT molecular complexity index is 2120. The fraction of sp³-hybridized carbons (Fsp3) is 0.0645. The summed E-state index contributed by atoms with van der Waals surface area (Å²) in [4.78, 5) is 43.1. The number of para-hydroxylation sites is 1. The van der Waals surface area contributed by atoms with E-state index in [9.17, 15) is 24.1 Å². The van der Waals surface area contributed by atoms with Gasteiger partial charge >= 0.3 is 0 Å². The van der Waals surface area contributed by atoms with Crippen LogP contribution in [-0.4, -0.2) is 15.4 Å². The minimum atomic E-state index is -0.856. The molecule has 0 radical (unpaired) electrons. The molecular formula is C31H20BrFN4O5S. The van der Waals surface area contributed by atoms with Gasteiger partial charge in [-0.1, -0.05) is 41.7 Å². The van der Waals surface area contributed by atoms with Crippen molar-refractivity contribution in [3.8, 4) is 11.3 Å². The third-order valence-electron chi connectivity index (χ3n) is 6.81. The summed E-state index contributed by atoms with van der Waals surface area (Å²) >= 11 is 4.49. The number of nitrogens with zero attached hydrogens (tertiary/aromatic N) is 3. The van der Waals surface area contributed by atoms with Gasteiger partial charge in [0.25, 0.3) is 17.2 Å². The molecule has 5 aromatic rings. The summed E-state index contributed by atoms with van der Waals surface area (Å²) in [6.45, 7) is 1.70. The molecule has 0 saturated heterocycles. The van der Waals surface area contributed by atoms with Crippen LogP contribution in [0.4, 0.5) is 15.8 Å². The number of anilines is 1. The molecule has 0 unspecified atom stereocenters. The van der Waals surface area contributed by atoms with E-state index in [0.717, 1.165) is 11.3 Å². The molecule has 1 aliphatic rings. The molecule has 3 heterocycles. The van der Waals surface area contributed by atoms with E-state index in [2.05, 4.69) is 26.2 Å². The van der Waals surface area contributed by atoms with E-state index in [1.54, 1.807) is 67.6 Å². The summed E-state index contributed by atoms with van der Waals surface area (Å²) in [5, 5.41) is 14.0. The van der Waals surface area contributed by atoms with Crippen LogP contribution in [0.15, 0.2) is 115 Å². The Hall–Kier alpha value is -4.94. The highest BCUT2D eigenvalue weighted by atomic mass is 79.9. The lowest BCUT2D eigenvalue weighted by Gasteiger charge is -2.25. The zero-order valence-corrected chi connectivity index (χ0v) is 24.7. The number of hydrogen-bond acceptors (Lipinski definition) is 7. The molecule has 214 valence electrons. The maximum atomic E-state index is 13.9. The third kappa shape index (κ3) is 5.49. The van der Waals surface area contributed by atoms with Crippen molar-refractivity contribution in [1.29, 1.82) is 0 Å². The van der Waals surface area contributed by atoms with Crippen molar-refractivity contribution in [2.24, 2.45) is 4.99 Å². The van der Waals surface area contributed by atoms with Gasteiger partial charge in [0.2, 0.25) is 0 Å². The normalized spacial score (nSPS) is 14.8. The number of rotatable bonds is 6. The van der Waals surface area contributed by atoms with Gasteiger partial charge in [-0.05, 0) is 70.9 Å². The van der Waals surface area contributed by atoms with E-state index in [1.807, 2.05) is 6.07 Å². The second kappa shape index (κ2) is 11.4. The average molecular weight is 659 g/mol. The molecule has 0 aliphatic carbocycles. The van der Waals surface area contributed by atoms with E-state index >= 15 is 0 Å². The van der Waals surface area contributed by atoms with Gasteiger partial charge in [-0.2, -0.15) is 0 Å². The molecule has 1 N–H and O–H groups in total. The average Bonchev–Trinajstić information content (AvgIpc) is 3.57. The van der Waals surface area contributed by atoms with Crippen molar-refractivity contribution < 1.29 is 18.5 Å². The number of halogens is 2. The van der Waals surface area contributed by atoms with Crippen molar-refractivity contribution in [1.82, 2.24) is 4.57 Å². The summed E-state index contributed by atoms with van der Waals surface area (Å²) in [6, 6.07) is 21.5. The number of nitro groups is 1. The lowest BCUT2D eigenvalue weighted by Crippen LogP contribution is -2.40. The number of thiazole rings is 1. The number of fused-ring (bicyclic) bond motifs is 1. The highest BCUT2D eigenvalue weighted by Gasteiger charge is 2.32. The van der Waals surface area contributed by atoms with Crippen molar-refractivity contribution in [2.75, 3.05) is 5.32 Å². The molecule has 6 rings (SSSR count). The van der Waals surface area contributed by atoms with Crippen molar-refractivity contribution in [3.63, 3.8) is 0 Å². The molecule has 43 heavy (non-hydrogen) atoms. The molecule has 0 spiro atoms. The van der Waals surface area contributed by atoms with Crippen molar-refractivity contribution in [3.05, 3.63) is 148 Å². The first kappa shape index (κ1) is 28.2. The van der Waals surface area contributed by atoms with Crippen LogP contribution in [0.3, 0.4) is 0 Å². The smallest absolute Gasteiger partial charge is 0.271 e. The summed E-state index contributed by atoms with van der Waals surface area (Å²) in [5.41, 5.74) is 1.96. The van der Waals surface area contributed by atoms with E-state index in [-0.39, 0.29) is 11.3 Å². The van der Waals surface area contributed by atoms with E-state index in [0.29, 0.717) is 47.8 Å². The first-order valence-corrected chi connectivity index (χ1v) is 14.5. The minimum Gasteiger partial charge on any atom is -0.457 e. The number of nitrogens with one attached hydrogen (secondary N) is 1. The summed E-state index contributed by atoms with van der Waals surface area (Å²) in [7, 11) is 0. The molecule has 3 aromatic carbocycles. The number of allylic oxidation sites excluding steroid dienone is 1. The van der Waals surface area contributed by atoms with Crippen LogP contribution < -0.4 is 20.2 Å². The van der Waals surface area contributed by atoms with Gasteiger partial charge in [-0.3, -0.25) is 24.3 Å². The number of furan rings is 1. The molecule has 12 heteroatoms. The fourth-order valence-electron chi connectivity index (χ4n) is 4.81. The molecule has 9 nitrogen and oxygen atoms in total. The maximum Gasteiger partial charge on any atom is 0.271 e. The van der Waals surface area contributed by atoms with Crippen molar-refractivity contribution in [2.45, 2.75) is 13.0 Å². The highest BCUT2D eigenvalue weighted by Crippen LogP contribution is 2.33. The van der Waals surface area contributed by atoms with Crippen LogP contribution >= 0.6 is 27.3 Å². The predicted molar refractivity (Wildman–Crippen MR) is 164 cm³/mol. The van der Waals surface area contributed by atoms with Crippen LogP contribution in [0.1, 0.15) is 24.3 Å². The number of hydrogen-bond donors (Lipinski definition) is 1. The van der Waals surface area contributed by atoms with Gasteiger partial charge in [0.15, 0.2) is 4.80 Å². The molecule has 0 bridgehead atoms. The summed E-state index contributed by atoms with van der Waals surface area (Å²) in [6.07, 6.45) is 1.58. The number of carbonyl (C=O) groups is 1. The fourth-order valence-corrected chi connectivity index (χ4v) is 6.40. The SMILES string of the molecule is CC1=C(C(=O)Nc2ccccc2)[C@@H](c2ccc(F)cc2)n2c(s/c(=C\c3ccc(-c4ccc([N+](=O)[O-])cc4Br)o3)c2=O)=N1. The number of non-ortho nitro benzene ring substituents is 1. The van der Waals surface area contributed by atoms with Gasteiger partial charge < -0.3 is 9.73 Å². The third-order valence-corrected chi connectivity index (χ3v) is 8.45. The summed E-state index contributed by atoms with van der Waals surface area (Å²) < 4.78 is 22.1. The zero-order valence-electron chi connectivity index (χ0n) is 22.3. The van der Waals surface area contributed by atoms with Gasteiger partial charge in [-0.25, -0.2) is 9.38 Å². The second-order valence-corrected chi connectivity index (χ2v) is 11.4. The largest absolute Gasteiger partial charge is 0.457 e. The number of aromatic nitrogens is 1. The van der Waals surface area contributed by atoms with Crippen LogP contribution in [0.5, 0.6) is 0 Å². The van der Waals surface area contributed by atoms with Gasteiger partial charge in [0.05, 0.1) is 26.8 Å². The number of carbonyl (C=O) groups excluding carboxylic acids is 1. The maximum absolute atomic E-state index is 13.9. The van der Waals surface area contributed by atoms with E-state index in [1.165, 1.54) is 28.8 Å². The molecule has 1 amide bonds. The number of nitro benzene ring substituents is 1. The van der Waals surface area contributed by atoms with Gasteiger partial charge in [0.1, 0.15) is 17.3 Å². The Labute approximate surface area is 255 Å². The highest BCUT2D eigenvalue weighted by molar-refractivity contribution is 9.10. The molecule has 2 aromatic heterocycles. The predicted octanol–water partition coefficient (Wildman–Crippen LogP) is 5.94. The lowest BCUT2D eigenvalue weighted by atomic mass is 9.95. The molecule has 1 atom stereocenters. The Morgan fingerprint density at radius 2 is 1.86 bits per heavy atom. The lowest BCUT2D eigenvalue weighted by molar-refractivity contribution is -0.384. The van der Waals surface area contributed by atoms with E-state index < -0.39 is 28.2 Å². The van der Waals surface area contributed by atoms with Crippen LogP contribution in [0, 0.1) is 15.9 Å². The molecule has 1 aliphatic heterocycles. The Kier molecular flexibility index (Phi) is 7.46. The molecule has 0 saturated carbocycles. The molecular weight excluding hydrogens is 639 g/mol. The van der Waals surface area contributed by atoms with Crippen LogP contribution in [0.25, 0.3) is 17.4 Å². The summed E-state index contributed by atoms with van der Waals surface area (Å²) in [5.74, 6) is -0.0526. The Balaban J connectivity index is 1.43. The van der Waals surface area contributed by atoms with Crippen LogP contribution in [-0.2, 0) is 4.79 Å². The first-order valence-electron chi connectivity index (χ1n) is 12.9. The Morgan fingerprint density at radius 3 is 2.56 bits per heavy atom. The van der Waals surface area contributed by atoms with E-state index in [4.69, 9.17) is 4.42 Å². The first-order chi connectivity index (χ1) is 20.7. The minimum absolute atomic E-state index is 0.0636. The quantitative estimate of drug-likeness (QED) is 0.179. The second-order valence-electron chi connectivity index (χ2n) is 9.58. The van der Waals surface area contributed by atoms with Gasteiger partial charge in [0, 0.05) is 33.9 Å². The monoisotopic (exact) mass is 658 g/mol. The molecule has 0 fully saturated rings. The standard InChI is InChI=1S/C31H20BrFN4O5S/c1-17-27(29(38)35-20-5-3-2-4-6-20)28(18-7-9-19(33)10-8-18)36-30(39)26(43-31(36)34-17)16-22-12-14-25(42-22)23-13-11-21(37(40)41)15-24(23)32/h2-16,28H,1H3,(H,35,38)/b26-16-/t28-/m1/s1.